The minimum atomic E-state index is -0.719. The van der Waals surface area contributed by atoms with Crippen LogP contribution in [0.25, 0.3) is 0 Å². The van der Waals surface area contributed by atoms with E-state index in [1.165, 1.54) is 24.2 Å². The Balaban J connectivity index is 2.55. The standard InChI is InChI=1S/C13H18FN3O2/c1-9(2)7-16-12(18)8-17(3)13(19)10-4-5-15-11(14)6-10/h4-6,9H,7-8H2,1-3H3,(H,16,18). The van der Waals surface area contributed by atoms with Gasteiger partial charge in [0, 0.05) is 31.4 Å². The first-order chi connectivity index (χ1) is 8.90. The van der Waals surface area contributed by atoms with E-state index in [1.54, 1.807) is 0 Å². The fourth-order valence-corrected chi connectivity index (χ4v) is 1.42. The van der Waals surface area contributed by atoms with E-state index >= 15 is 0 Å². The minimum absolute atomic E-state index is 0.0600. The number of hydrogen-bond donors (Lipinski definition) is 1. The Bertz CT molecular complexity index is 463. The highest BCUT2D eigenvalue weighted by molar-refractivity contribution is 5.96. The summed E-state index contributed by atoms with van der Waals surface area (Å²) in [5, 5.41) is 2.71. The molecule has 1 heterocycles. The van der Waals surface area contributed by atoms with Crippen molar-refractivity contribution in [2.75, 3.05) is 20.1 Å². The van der Waals surface area contributed by atoms with Crippen LogP contribution in [0.1, 0.15) is 24.2 Å². The first-order valence-electron chi connectivity index (χ1n) is 6.04. The van der Waals surface area contributed by atoms with Crippen molar-refractivity contribution in [3.63, 3.8) is 0 Å². The summed E-state index contributed by atoms with van der Waals surface area (Å²) in [5.41, 5.74) is 0.173. The van der Waals surface area contributed by atoms with E-state index in [9.17, 15) is 14.0 Å². The van der Waals surface area contributed by atoms with E-state index in [1.807, 2.05) is 13.8 Å². The Labute approximate surface area is 111 Å². The molecule has 1 aromatic heterocycles. The second kappa shape index (κ2) is 6.82. The van der Waals surface area contributed by atoms with Gasteiger partial charge in [-0.15, -0.1) is 0 Å². The van der Waals surface area contributed by atoms with Crippen molar-refractivity contribution in [1.82, 2.24) is 15.2 Å². The summed E-state index contributed by atoms with van der Waals surface area (Å²) in [7, 11) is 1.50. The van der Waals surface area contributed by atoms with Gasteiger partial charge in [-0.05, 0) is 12.0 Å². The summed E-state index contributed by atoms with van der Waals surface area (Å²) in [6.07, 6.45) is 1.22. The average molecular weight is 267 g/mol. The van der Waals surface area contributed by atoms with Crippen molar-refractivity contribution in [2.24, 2.45) is 5.92 Å². The number of rotatable bonds is 5. The highest BCUT2D eigenvalue weighted by Crippen LogP contribution is 2.04. The van der Waals surface area contributed by atoms with E-state index in [2.05, 4.69) is 10.3 Å². The zero-order valence-corrected chi connectivity index (χ0v) is 11.3. The second-order valence-corrected chi connectivity index (χ2v) is 4.73. The van der Waals surface area contributed by atoms with Gasteiger partial charge in [-0.1, -0.05) is 13.8 Å². The third-order valence-electron chi connectivity index (χ3n) is 2.41. The Kier molecular flexibility index (Phi) is 5.41. The van der Waals surface area contributed by atoms with Crippen molar-refractivity contribution in [3.8, 4) is 0 Å². The molecule has 0 aliphatic heterocycles. The molecular weight excluding hydrogens is 249 g/mol. The van der Waals surface area contributed by atoms with Gasteiger partial charge in [0.25, 0.3) is 5.91 Å². The lowest BCUT2D eigenvalue weighted by Gasteiger charge is -2.17. The molecule has 1 aromatic rings. The molecule has 0 bridgehead atoms. The molecule has 6 heteroatoms. The van der Waals surface area contributed by atoms with Gasteiger partial charge in [-0.3, -0.25) is 9.59 Å². The lowest BCUT2D eigenvalue weighted by atomic mass is 10.2. The molecule has 0 aromatic carbocycles. The molecule has 5 nitrogen and oxygen atoms in total. The van der Waals surface area contributed by atoms with Crippen LogP contribution >= 0.6 is 0 Å². The quantitative estimate of drug-likeness (QED) is 0.812. The maximum Gasteiger partial charge on any atom is 0.254 e. The summed E-state index contributed by atoms with van der Waals surface area (Å²) in [5.74, 6) is -1.03. The Morgan fingerprint density at radius 3 is 2.74 bits per heavy atom. The van der Waals surface area contributed by atoms with Gasteiger partial charge in [0.15, 0.2) is 0 Å². The zero-order chi connectivity index (χ0) is 14.4. The fourth-order valence-electron chi connectivity index (χ4n) is 1.42. The molecule has 0 saturated carbocycles. The topological polar surface area (TPSA) is 62.3 Å². The van der Waals surface area contributed by atoms with E-state index in [4.69, 9.17) is 0 Å². The van der Waals surface area contributed by atoms with Gasteiger partial charge >= 0.3 is 0 Å². The zero-order valence-electron chi connectivity index (χ0n) is 11.3. The predicted octanol–water partition coefficient (Wildman–Crippen LogP) is 1.06. The van der Waals surface area contributed by atoms with E-state index in [0.29, 0.717) is 12.5 Å². The SMILES string of the molecule is CC(C)CNC(=O)CN(C)C(=O)c1ccnc(F)c1. The first kappa shape index (κ1) is 15.1. The Morgan fingerprint density at radius 1 is 1.47 bits per heavy atom. The maximum absolute atomic E-state index is 12.9. The second-order valence-electron chi connectivity index (χ2n) is 4.73. The van der Waals surface area contributed by atoms with Crippen molar-refractivity contribution < 1.29 is 14.0 Å². The van der Waals surface area contributed by atoms with Crippen molar-refractivity contribution in [1.29, 1.82) is 0 Å². The molecule has 19 heavy (non-hydrogen) atoms. The molecule has 104 valence electrons. The largest absolute Gasteiger partial charge is 0.354 e. The third-order valence-corrected chi connectivity index (χ3v) is 2.41. The number of halogens is 1. The summed E-state index contributed by atoms with van der Waals surface area (Å²) in [6.45, 7) is 4.46. The highest BCUT2D eigenvalue weighted by atomic mass is 19.1. The van der Waals surface area contributed by atoms with Gasteiger partial charge in [0.1, 0.15) is 0 Å². The van der Waals surface area contributed by atoms with Gasteiger partial charge in [0.2, 0.25) is 11.9 Å². The van der Waals surface area contributed by atoms with Crippen LogP contribution in [-0.4, -0.2) is 41.8 Å². The third kappa shape index (κ3) is 5.03. The number of aromatic nitrogens is 1. The van der Waals surface area contributed by atoms with Crippen molar-refractivity contribution in [2.45, 2.75) is 13.8 Å². The van der Waals surface area contributed by atoms with Gasteiger partial charge in [-0.2, -0.15) is 4.39 Å². The molecule has 0 aliphatic rings. The van der Waals surface area contributed by atoms with Crippen LogP contribution in [0.3, 0.4) is 0 Å². The van der Waals surface area contributed by atoms with Crippen LogP contribution in [0.5, 0.6) is 0 Å². The number of nitrogens with one attached hydrogen (secondary N) is 1. The van der Waals surface area contributed by atoms with E-state index in [0.717, 1.165) is 6.07 Å². The number of likely N-dealkylation sites (N-methyl/N-ethyl adjacent to an activating group) is 1. The molecule has 0 spiro atoms. The monoisotopic (exact) mass is 267 g/mol. The van der Waals surface area contributed by atoms with Crippen LogP contribution < -0.4 is 5.32 Å². The molecule has 0 unspecified atom stereocenters. The molecule has 0 aliphatic carbocycles. The fraction of sp³-hybridized carbons (Fsp3) is 0.462. The molecule has 0 fully saturated rings. The summed E-state index contributed by atoms with van der Waals surface area (Å²) in [4.78, 5) is 28.1. The molecule has 0 atom stereocenters. The van der Waals surface area contributed by atoms with Crippen LogP contribution in [0, 0.1) is 11.9 Å². The summed E-state index contributed by atoms with van der Waals surface area (Å²) >= 11 is 0. The van der Waals surface area contributed by atoms with E-state index in [-0.39, 0.29) is 18.0 Å². The first-order valence-corrected chi connectivity index (χ1v) is 6.04. The number of carbonyl (C=O) groups is 2. The van der Waals surface area contributed by atoms with Gasteiger partial charge in [-0.25, -0.2) is 4.98 Å². The van der Waals surface area contributed by atoms with Gasteiger partial charge < -0.3 is 10.2 Å². The smallest absolute Gasteiger partial charge is 0.254 e. The number of pyridine rings is 1. The van der Waals surface area contributed by atoms with Crippen LogP contribution in [0.2, 0.25) is 0 Å². The normalized spacial score (nSPS) is 10.4. The lowest BCUT2D eigenvalue weighted by Crippen LogP contribution is -2.39. The number of nitrogens with zero attached hydrogens (tertiary/aromatic N) is 2. The van der Waals surface area contributed by atoms with E-state index < -0.39 is 11.9 Å². The maximum atomic E-state index is 12.9. The molecule has 0 radical (unpaired) electrons. The minimum Gasteiger partial charge on any atom is -0.354 e. The predicted molar refractivity (Wildman–Crippen MR) is 69.0 cm³/mol. The number of hydrogen-bond acceptors (Lipinski definition) is 3. The van der Waals surface area contributed by atoms with Crippen LogP contribution in [0.15, 0.2) is 18.3 Å². The van der Waals surface area contributed by atoms with Gasteiger partial charge in [0.05, 0.1) is 6.54 Å². The highest BCUT2D eigenvalue weighted by Gasteiger charge is 2.15. The van der Waals surface area contributed by atoms with Crippen LogP contribution in [-0.2, 0) is 4.79 Å². The molecule has 1 N–H and O–H groups in total. The number of carbonyl (C=O) groups excluding carboxylic acids is 2. The van der Waals surface area contributed by atoms with Crippen molar-refractivity contribution >= 4 is 11.8 Å². The Hall–Kier alpha value is -1.98. The molecular formula is C13H18FN3O2. The molecule has 0 saturated heterocycles. The average Bonchev–Trinajstić information content (AvgIpc) is 2.35. The summed E-state index contributed by atoms with van der Waals surface area (Å²) in [6, 6.07) is 2.46. The molecule has 2 amide bonds. The lowest BCUT2D eigenvalue weighted by molar-refractivity contribution is -0.121. The Morgan fingerprint density at radius 2 is 2.16 bits per heavy atom. The summed E-state index contributed by atoms with van der Waals surface area (Å²) < 4.78 is 12.9. The molecule has 1 rings (SSSR count). The van der Waals surface area contributed by atoms with Crippen LogP contribution in [0.4, 0.5) is 4.39 Å². The van der Waals surface area contributed by atoms with Crippen molar-refractivity contribution in [3.05, 3.63) is 29.8 Å². The number of amides is 2.